The molecule has 0 aliphatic carbocycles. The van der Waals surface area contributed by atoms with Gasteiger partial charge >= 0.3 is 6.09 Å². The number of hydrogen-bond donors (Lipinski definition) is 1. The first-order valence-corrected chi connectivity index (χ1v) is 11.0. The Bertz CT molecular complexity index is 1060. The number of aromatic amines is 1. The molecule has 4 rings (SSSR count). The van der Waals surface area contributed by atoms with E-state index >= 15 is 0 Å². The van der Waals surface area contributed by atoms with E-state index < -0.39 is 0 Å². The molecule has 1 fully saturated rings. The Kier molecular flexibility index (Phi) is 6.47. The molecule has 1 aliphatic heterocycles. The summed E-state index contributed by atoms with van der Waals surface area (Å²) in [7, 11) is 0. The predicted octanol–water partition coefficient (Wildman–Crippen LogP) is 4.64. The van der Waals surface area contributed by atoms with Crippen molar-refractivity contribution in [2.75, 3.05) is 32.8 Å². The Morgan fingerprint density at radius 1 is 1.03 bits per heavy atom. The molecule has 1 N–H and O–H groups in total. The molecular weight excluding hydrogens is 414 g/mol. The molecule has 2 amide bonds. The first-order chi connectivity index (χ1) is 15.1. The van der Waals surface area contributed by atoms with Crippen molar-refractivity contribution in [1.29, 1.82) is 0 Å². The minimum atomic E-state index is -0.313. The van der Waals surface area contributed by atoms with Crippen LogP contribution in [0.3, 0.4) is 0 Å². The van der Waals surface area contributed by atoms with Gasteiger partial charge in [0, 0.05) is 60.6 Å². The SMILES string of the molecule is CCOC(=O)N1CCN(C(=O)C[C@H](c2ccc(Cl)cc2)c2c[nH]c3ccccc23)CC1. The molecule has 1 atom stereocenters. The number of carbonyl (C=O) groups is 2. The second-order valence-electron chi connectivity index (χ2n) is 7.66. The monoisotopic (exact) mass is 439 g/mol. The fourth-order valence-corrected chi connectivity index (χ4v) is 4.27. The first-order valence-electron chi connectivity index (χ1n) is 10.6. The van der Waals surface area contributed by atoms with Gasteiger partial charge in [-0.15, -0.1) is 0 Å². The van der Waals surface area contributed by atoms with Crippen LogP contribution >= 0.6 is 11.6 Å². The fraction of sp³-hybridized carbons (Fsp3) is 0.333. The van der Waals surface area contributed by atoms with Gasteiger partial charge < -0.3 is 19.5 Å². The quantitative estimate of drug-likeness (QED) is 0.629. The number of carbonyl (C=O) groups excluding carboxylic acids is 2. The number of amides is 2. The lowest BCUT2D eigenvalue weighted by molar-refractivity contribution is -0.133. The summed E-state index contributed by atoms with van der Waals surface area (Å²) in [5.41, 5.74) is 3.19. The number of para-hydroxylation sites is 1. The van der Waals surface area contributed by atoms with Crippen molar-refractivity contribution in [2.24, 2.45) is 0 Å². The second-order valence-corrected chi connectivity index (χ2v) is 8.10. The summed E-state index contributed by atoms with van der Waals surface area (Å²) in [6, 6.07) is 15.8. The summed E-state index contributed by atoms with van der Waals surface area (Å²) in [6.07, 6.45) is 2.03. The van der Waals surface area contributed by atoms with Crippen LogP contribution in [0.25, 0.3) is 10.9 Å². The zero-order chi connectivity index (χ0) is 21.8. The topological polar surface area (TPSA) is 65.6 Å². The third kappa shape index (κ3) is 4.69. The van der Waals surface area contributed by atoms with Gasteiger partial charge in [0.1, 0.15) is 0 Å². The number of H-pyrrole nitrogens is 1. The molecular formula is C24H26ClN3O3. The molecule has 0 unspecified atom stereocenters. The fourth-order valence-electron chi connectivity index (χ4n) is 4.14. The van der Waals surface area contributed by atoms with E-state index in [1.54, 1.807) is 11.8 Å². The van der Waals surface area contributed by atoms with Crippen LogP contribution in [-0.4, -0.2) is 59.6 Å². The van der Waals surface area contributed by atoms with Gasteiger partial charge in [-0.25, -0.2) is 4.79 Å². The molecule has 0 spiro atoms. The molecule has 162 valence electrons. The lowest BCUT2D eigenvalue weighted by atomic mass is 9.87. The minimum Gasteiger partial charge on any atom is -0.450 e. The number of rotatable bonds is 5. The van der Waals surface area contributed by atoms with E-state index in [9.17, 15) is 9.59 Å². The number of aromatic nitrogens is 1. The first kappa shape index (κ1) is 21.2. The third-order valence-electron chi connectivity index (χ3n) is 5.81. The van der Waals surface area contributed by atoms with Crippen LogP contribution in [0.1, 0.15) is 30.4 Å². The van der Waals surface area contributed by atoms with Gasteiger partial charge in [0.15, 0.2) is 0 Å². The van der Waals surface area contributed by atoms with Crippen LogP contribution in [0.5, 0.6) is 0 Å². The van der Waals surface area contributed by atoms with Crippen LogP contribution in [-0.2, 0) is 9.53 Å². The molecule has 2 heterocycles. The number of ether oxygens (including phenoxy) is 1. The third-order valence-corrected chi connectivity index (χ3v) is 6.06. The van der Waals surface area contributed by atoms with E-state index in [0.717, 1.165) is 22.0 Å². The van der Waals surface area contributed by atoms with E-state index in [4.69, 9.17) is 16.3 Å². The molecule has 1 saturated heterocycles. The largest absolute Gasteiger partial charge is 0.450 e. The number of halogens is 1. The Morgan fingerprint density at radius 3 is 2.42 bits per heavy atom. The summed E-state index contributed by atoms with van der Waals surface area (Å²) in [6.45, 7) is 4.15. The van der Waals surface area contributed by atoms with Crippen molar-refractivity contribution in [3.05, 3.63) is 70.9 Å². The number of nitrogens with zero attached hydrogens (tertiary/aromatic N) is 2. The average molecular weight is 440 g/mol. The van der Waals surface area contributed by atoms with Gasteiger partial charge in [0.25, 0.3) is 0 Å². The molecule has 7 heteroatoms. The van der Waals surface area contributed by atoms with Crippen LogP contribution < -0.4 is 0 Å². The van der Waals surface area contributed by atoms with Crippen molar-refractivity contribution in [3.63, 3.8) is 0 Å². The lowest BCUT2D eigenvalue weighted by Gasteiger charge is -2.34. The normalized spacial score (nSPS) is 15.2. The number of fused-ring (bicyclic) bond motifs is 1. The van der Waals surface area contributed by atoms with E-state index in [1.165, 1.54) is 0 Å². The molecule has 0 saturated carbocycles. The van der Waals surface area contributed by atoms with E-state index in [2.05, 4.69) is 11.1 Å². The van der Waals surface area contributed by atoms with E-state index in [0.29, 0.717) is 44.2 Å². The van der Waals surface area contributed by atoms with Gasteiger partial charge in [-0.1, -0.05) is 41.9 Å². The standard InChI is InChI=1S/C24H26ClN3O3/c1-2-31-24(30)28-13-11-27(12-14-28)23(29)15-20(17-7-9-18(25)10-8-17)21-16-26-22-6-4-3-5-19(21)22/h3-10,16,20,26H,2,11-15H2,1H3/t20-/m1/s1. The number of piperazine rings is 1. The lowest BCUT2D eigenvalue weighted by Crippen LogP contribution is -2.50. The van der Waals surface area contributed by atoms with Crippen LogP contribution in [0.2, 0.25) is 5.02 Å². The van der Waals surface area contributed by atoms with E-state index in [-0.39, 0.29) is 17.9 Å². The zero-order valence-electron chi connectivity index (χ0n) is 17.5. The highest BCUT2D eigenvalue weighted by Crippen LogP contribution is 2.34. The highest BCUT2D eigenvalue weighted by molar-refractivity contribution is 6.30. The maximum atomic E-state index is 13.2. The van der Waals surface area contributed by atoms with Gasteiger partial charge in [-0.3, -0.25) is 4.79 Å². The molecule has 2 aromatic carbocycles. The summed E-state index contributed by atoms with van der Waals surface area (Å²) >= 11 is 6.10. The van der Waals surface area contributed by atoms with Crippen LogP contribution in [0, 0.1) is 0 Å². The summed E-state index contributed by atoms with van der Waals surface area (Å²) in [5.74, 6) is -0.0160. The smallest absolute Gasteiger partial charge is 0.409 e. The molecule has 6 nitrogen and oxygen atoms in total. The Morgan fingerprint density at radius 2 is 1.71 bits per heavy atom. The molecule has 0 radical (unpaired) electrons. The number of hydrogen-bond acceptors (Lipinski definition) is 3. The van der Waals surface area contributed by atoms with Crippen molar-refractivity contribution in [1.82, 2.24) is 14.8 Å². The summed E-state index contributed by atoms with van der Waals surface area (Å²) in [5, 5.41) is 1.78. The van der Waals surface area contributed by atoms with Crippen LogP contribution in [0.4, 0.5) is 4.79 Å². The maximum Gasteiger partial charge on any atom is 0.409 e. The highest BCUT2D eigenvalue weighted by Gasteiger charge is 2.28. The van der Waals surface area contributed by atoms with Crippen molar-refractivity contribution >= 4 is 34.5 Å². The van der Waals surface area contributed by atoms with Crippen molar-refractivity contribution in [2.45, 2.75) is 19.3 Å². The Labute approximate surface area is 186 Å². The van der Waals surface area contributed by atoms with Crippen LogP contribution in [0.15, 0.2) is 54.7 Å². The van der Waals surface area contributed by atoms with E-state index in [1.807, 2.05) is 53.6 Å². The Balaban J connectivity index is 1.54. The number of benzene rings is 2. The van der Waals surface area contributed by atoms with Gasteiger partial charge in [-0.2, -0.15) is 0 Å². The minimum absolute atomic E-state index is 0.0775. The number of nitrogens with one attached hydrogen (secondary N) is 1. The second kappa shape index (κ2) is 9.43. The Hall–Kier alpha value is -2.99. The molecule has 0 bridgehead atoms. The van der Waals surface area contributed by atoms with Crippen molar-refractivity contribution in [3.8, 4) is 0 Å². The molecule has 1 aliphatic rings. The summed E-state index contributed by atoms with van der Waals surface area (Å²) in [4.78, 5) is 32.0. The predicted molar refractivity (Wildman–Crippen MR) is 121 cm³/mol. The van der Waals surface area contributed by atoms with Gasteiger partial charge in [-0.05, 0) is 36.2 Å². The highest BCUT2D eigenvalue weighted by atomic mass is 35.5. The zero-order valence-corrected chi connectivity index (χ0v) is 18.3. The average Bonchev–Trinajstić information content (AvgIpc) is 3.22. The molecule has 3 aromatic rings. The maximum absolute atomic E-state index is 13.2. The summed E-state index contributed by atoms with van der Waals surface area (Å²) < 4.78 is 5.07. The van der Waals surface area contributed by atoms with Crippen molar-refractivity contribution < 1.29 is 14.3 Å². The van der Waals surface area contributed by atoms with Gasteiger partial charge in [0.05, 0.1) is 6.61 Å². The molecule has 1 aromatic heterocycles. The molecule has 31 heavy (non-hydrogen) atoms. The van der Waals surface area contributed by atoms with Gasteiger partial charge in [0.2, 0.25) is 5.91 Å².